The molecule has 0 unspecified atom stereocenters. The van der Waals surface area contributed by atoms with Crippen LogP contribution in [0.3, 0.4) is 0 Å². The van der Waals surface area contributed by atoms with Crippen molar-refractivity contribution in [1.29, 1.82) is 0 Å². The molecule has 0 saturated heterocycles. The zero-order valence-electron chi connectivity index (χ0n) is 11.2. The van der Waals surface area contributed by atoms with E-state index in [-0.39, 0.29) is 5.75 Å². The van der Waals surface area contributed by atoms with E-state index in [1.165, 1.54) is 25.7 Å². The molecule has 0 aliphatic carbocycles. The number of unbranched alkanes of at least 4 members (excludes halogenated alkanes) is 3. The second-order valence-electron chi connectivity index (χ2n) is 4.54. The highest BCUT2D eigenvalue weighted by Gasteiger charge is 2.06. The molecular weight excluding hydrogens is 238 g/mol. The summed E-state index contributed by atoms with van der Waals surface area (Å²) in [4.78, 5) is 2.40. The molecule has 0 spiro atoms. The maximum absolute atomic E-state index is 10.6. The molecule has 0 fully saturated rings. The minimum Gasteiger partial charge on any atom is -0.303 e. The molecule has 0 atom stereocenters. The summed E-state index contributed by atoms with van der Waals surface area (Å²) in [5, 5.41) is 0. The summed E-state index contributed by atoms with van der Waals surface area (Å²) < 4.78 is 29.7. The van der Waals surface area contributed by atoms with Crippen molar-refractivity contribution in [3.8, 4) is 0 Å². The molecule has 104 valence electrons. The average Bonchev–Trinajstić information content (AvgIpc) is 2.25. The Bertz CT molecular complexity index is 257. The molecule has 0 amide bonds. The van der Waals surface area contributed by atoms with Crippen LogP contribution in [0.2, 0.25) is 0 Å². The van der Waals surface area contributed by atoms with Crippen LogP contribution in [0.5, 0.6) is 0 Å². The Kier molecular flexibility index (Phi) is 9.78. The molecule has 0 bridgehead atoms. The molecule has 0 saturated carbocycles. The zero-order valence-corrected chi connectivity index (χ0v) is 12.0. The predicted molar refractivity (Wildman–Crippen MR) is 71.9 cm³/mol. The van der Waals surface area contributed by atoms with Gasteiger partial charge in [0.1, 0.15) is 0 Å². The van der Waals surface area contributed by atoms with Gasteiger partial charge < -0.3 is 4.90 Å². The van der Waals surface area contributed by atoms with E-state index >= 15 is 0 Å². The van der Waals surface area contributed by atoms with Gasteiger partial charge in [-0.05, 0) is 45.3 Å². The lowest BCUT2D eigenvalue weighted by Gasteiger charge is -2.21. The third-order valence-corrected chi connectivity index (χ3v) is 3.59. The first-order valence-electron chi connectivity index (χ1n) is 6.67. The van der Waals surface area contributed by atoms with Gasteiger partial charge in [0, 0.05) is 0 Å². The topological polar surface area (TPSA) is 57.6 Å². The van der Waals surface area contributed by atoms with Crippen LogP contribution in [0, 0.1) is 0 Å². The molecular formula is C12H27NO3S. The van der Waals surface area contributed by atoms with E-state index in [4.69, 9.17) is 4.55 Å². The van der Waals surface area contributed by atoms with E-state index in [0.717, 1.165) is 26.1 Å². The molecule has 0 aliphatic heterocycles. The van der Waals surface area contributed by atoms with Crippen LogP contribution in [-0.4, -0.2) is 43.3 Å². The lowest BCUT2D eigenvalue weighted by molar-refractivity contribution is 0.261. The second-order valence-corrected chi connectivity index (χ2v) is 6.11. The normalized spacial score (nSPS) is 12.2. The minimum absolute atomic E-state index is 0.109. The van der Waals surface area contributed by atoms with Gasteiger partial charge in [0.15, 0.2) is 0 Å². The van der Waals surface area contributed by atoms with Crippen molar-refractivity contribution in [2.75, 3.05) is 25.4 Å². The van der Waals surface area contributed by atoms with Crippen molar-refractivity contribution < 1.29 is 13.0 Å². The van der Waals surface area contributed by atoms with Crippen LogP contribution in [0.1, 0.15) is 52.4 Å². The van der Waals surface area contributed by atoms with Crippen LogP contribution in [0.25, 0.3) is 0 Å². The highest BCUT2D eigenvalue weighted by atomic mass is 32.2. The first-order valence-corrected chi connectivity index (χ1v) is 8.28. The van der Waals surface area contributed by atoms with Crippen LogP contribution in [-0.2, 0) is 10.1 Å². The zero-order chi connectivity index (χ0) is 13.1. The highest BCUT2D eigenvalue weighted by Crippen LogP contribution is 2.03. The van der Waals surface area contributed by atoms with E-state index in [2.05, 4.69) is 18.7 Å². The van der Waals surface area contributed by atoms with Crippen LogP contribution in [0.15, 0.2) is 0 Å². The van der Waals surface area contributed by atoms with E-state index in [1.54, 1.807) is 0 Å². The van der Waals surface area contributed by atoms with Crippen molar-refractivity contribution in [1.82, 2.24) is 4.90 Å². The van der Waals surface area contributed by atoms with E-state index in [0.29, 0.717) is 6.42 Å². The Morgan fingerprint density at radius 3 is 1.76 bits per heavy atom. The SMILES string of the molecule is CCCCN(CCCC)CCCCS(=O)(=O)O. The first kappa shape index (κ1) is 16.9. The van der Waals surface area contributed by atoms with Gasteiger partial charge in [0.2, 0.25) is 0 Å². The van der Waals surface area contributed by atoms with Gasteiger partial charge in [0.25, 0.3) is 10.1 Å². The number of hydrogen-bond donors (Lipinski definition) is 1. The number of hydrogen-bond acceptors (Lipinski definition) is 3. The molecule has 0 heterocycles. The summed E-state index contributed by atoms with van der Waals surface area (Å²) >= 11 is 0. The van der Waals surface area contributed by atoms with E-state index in [9.17, 15) is 8.42 Å². The number of rotatable bonds is 11. The average molecular weight is 265 g/mol. The summed E-state index contributed by atoms with van der Waals surface area (Å²) in [5.41, 5.74) is 0. The molecule has 0 radical (unpaired) electrons. The third-order valence-electron chi connectivity index (χ3n) is 2.78. The molecule has 0 rings (SSSR count). The first-order chi connectivity index (χ1) is 7.99. The monoisotopic (exact) mass is 265 g/mol. The van der Waals surface area contributed by atoms with E-state index < -0.39 is 10.1 Å². The fourth-order valence-corrected chi connectivity index (χ4v) is 2.29. The van der Waals surface area contributed by atoms with Gasteiger partial charge in [-0.2, -0.15) is 8.42 Å². The predicted octanol–water partition coefficient (Wildman–Crippen LogP) is 2.56. The van der Waals surface area contributed by atoms with Crippen LogP contribution in [0.4, 0.5) is 0 Å². The van der Waals surface area contributed by atoms with Gasteiger partial charge in [0.05, 0.1) is 5.75 Å². The van der Waals surface area contributed by atoms with Crippen molar-refractivity contribution in [2.24, 2.45) is 0 Å². The Hall–Kier alpha value is -0.130. The summed E-state index contributed by atoms with van der Waals surface area (Å²) in [7, 11) is -3.77. The Balaban J connectivity index is 3.74. The summed E-state index contributed by atoms with van der Waals surface area (Å²) in [6.07, 6.45) is 6.16. The molecule has 0 aromatic rings. The summed E-state index contributed by atoms with van der Waals surface area (Å²) in [6.45, 7) is 7.49. The Labute approximate surface area is 106 Å². The van der Waals surface area contributed by atoms with Crippen LogP contribution >= 0.6 is 0 Å². The van der Waals surface area contributed by atoms with Crippen molar-refractivity contribution in [2.45, 2.75) is 52.4 Å². The third kappa shape index (κ3) is 12.1. The van der Waals surface area contributed by atoms with E-state index in [1.807, 2.05) is 0 Å². The molecule has 5 heteroatoms. The standard InChI is InChI=1S/C12H27NO3S/c1-3-5-9-13(10-6-4-2)11-7-8-12-17(14,15)16/h3-12H2,1-2H3,(H,14,15,16). The van der Waals surface area contributed by atoms with Gasteiger partial charge in [-0.1, -0.05) is 26.7 Å². The lowest BCUT2D eigenvalue weighted by Crippen LogP contribution is -2.27. The Morgan fingerprint density at radius 2 is 1.35 bits per heavy atom. The Morgan fingerprint density at radius 1 is 0.882 bits per heavy atom. The van der Waals surface area contributed by atoms with Crippen molar-refractivity contribution in [3.63, 3.8) is 0 Å². The second kappa shape index (κ2) is 9.85. The molecule has 17 heavy (non-hydrogen) atoms. The van der Waals surface area contributed by atoms with Gasteiger partial charge in [-0.15, -0.1) is 0 Å². The molecule has 0 aliphatic rings. The minimum atomic E-state index is -3.77. The molecule has 0 aromatic heterocycles. The van der Waals surface area contributed by atoms with Gasteiger partial charge >= 0.3 is 0 Å². The molecule has 1 N–H and O–H groups in total. The molecule has 4 nitrogen and oxygen atoms in total. The van der Waals surface area contributed by atoms with Crippen LogP contribution < -0.4 is 0 Å². The smallest absolute Gasteiger partial charge is 0.264 e. The van der Waals surface area contributed by atoms with Crippen molar-refractivity contribution in [3.05, 3.63) is 0 Å². The highest BCUT2D eigenvalue weighted by molar-refractivity contribution is 7.85. The fraction of sp³-hybridized carbons (Fsp3) is 1.00. The molecule has 0 aromatic carbocycles. The maximum atomic E-state index is 10.6. The lowest BCUT2D eigenvalue weighted by atomic mass is 10.2. The largest absolute Gasteiger partial charge is 0.303 e. The van der Waals surface area contributed by atoms with Gasteiger partial charge in [-0.25, -0.2) is 0 Å². The fourth-order valence-electron chi connectivity index (χ4n) is 1.72. The quantitative estimate of drug-likeness (QED) is 0.461. The summed E-state index contributed by atoms with van der Waals surface area (Å²) in [6, 6.07) is 0. The summed E-state index contributed by atoms with van der Waals surface area (Å²) in [5.74, 6) is -0.109. The maximum Gasteiger partial charge on any atom is 0.264 e. The number of nitrogens with zero attached hydrogens (tertiary/aromatic N) is 1. The van der Waals surface area contributed by atoms with Crippen molar-refractivity contribution >= 4 is 10.1 Å². The van der Waals surface area contributed by atoms with Gasteiger partial charge in [-0.3, -0.25) is 4.55 Å².